The maximum Gasteiger partial charge on any atom is 0.250 e. The van der Waals surface area contributed by atoms with E-state index in [4.69, 9.17) is 4.74 Å². The molecule has 0 spiro atoms. The highest BCUT2D eigenvalue weighted by Crippen LogP contribution is 2.08. The minimum Gasteiger partial charge on any atom is -0.366 e. The van der Waals surface area contributed by atoms with Gasteiger partial charge in [-0.3, -0.25) is 9.69 Å². The monoisotopic (exact) mass is 216 g/mol. The molecule has 0 aliphatic carbocycles. The summed E-state index contributed by atoms with van der Waals surface area (Å²) in [6.45, 7) is 10.5. The highest BCUT2D eigenvalue weighted by Gasteiger charge is 2.26. The van der Waals surface area contributed by atoms with Gasteiger partial charge in [0.1, 0.15) is 6.10 Å². The van der Waals surface area contributed by atoms with E-state index in [1.807, 2.05) is 13.8 Å². The molecule has 0 aromatic heterocycles. The summed E-state index contributed by atoms with van der Waals surface area (Å²) in [7, 11) is 1.64. The van der Waals surface area contributed by atoms with E-state index in [1.165, 1.54) is 0 Å². The van der Waals surface area contributed by atoms with Gasteiger partial charge in [0.2, 0.25) is 5.91 Å². The van der Waals surface area contributed by atoms with Crippen molar-refractivity contribution < 1.29 is 9.53 Å². The van der Waals surface area contributed by atoms with E-state index in [-0.39, 0.29) is 12.0 Å². The quantitative estimate of drug-likeness (QED) is 0.744. The number of hydrogen-bond acceptors (Lipinski definition) is 3. The summed E-state index contributed by atoms with van der Waals surface area (Å²) in [5.74, 6) is -0.0228. The molecule has 1 rings (SSSR count). The van der Waals surface area contributed by atoms with E-state index in [1.54, 1.807) is 7.05 Å². The molecule has 1 aliphatic heterocycles. The fraction of sp³-hybridized carbons (Fsp3) is 0.909. The highest BCUT2D eigenvalue weighted by atomic mass is 16.5. The van der Waals surface area contributed by atoms with Crippen LogP contribution in [0, 0.1) is 0 Å². The molecule has 1 unspecified atom stereocenters. The molecule has 1 heterocycles. The van der Waals surface area contributed by atoms with Crippen LogP contribution in [0.2, 0.25) is 0 Å². The van der Waals surface area contributed by atoms with E-state index in [9.17, 15) is 4.79 Å². The van der Waals surface area contributed by atoms with Crippen molar-refractivity contribution in [3.05, 3.63) is 0 Å². The largest absolute Gasteiger partial charge is 0.366 e. The van der Waals surface area contributed by atoms with Gasteiger partial charge in [0.15, 0.2) is 0 Å². The van der Waals surface area contributed by atoms with Gasteiger partial charge in [-0.15, -0.1) is 0 Å². The number of likely N-dealkylation sites (N-methyl/N-ethyl adjacent to an activating group) is 1. The Kier molecular flexibility index (Phi) is 7.34. The molecule has 0 aromatic carbocycles. The maximum atomic E-state index is 11.3. The Labute approximate surface area is 93.0 Å². The summed E-state index contributed by atoms with van der Waals surface area (Å²) in [6, 6.07) is 0.482. The molecule has 0 radical (unpaired) electrons. The smallest absolute Gasteiger partial charge is 0.250 e. The van der Waals surface area contributed by atoms with Gasteiger partial charge in [0.25, 0.3) is 0 Å². The summed E-state index contributed by atoms with van der Waals surface area (Å²) >= 11 is 0. The molecule has 0 bridgehead atoms. The second-order valence-corrected chi connectivity index (χ2v) is 3.56. The standard InChI is InChI=1S/C9H18N2O2.C2H6/c1-7(2)11-4-5-13-8(6-11)9(12)10-3;1-2/h7-8H,4-6H2,1-3H3,(H,10,12);1-2H3. The minimum atomic E-state index is -0.291. The van der Waals surface area contributed by atoms with Crippen LogP contribution in [-0.2, 0) is 9.53 Å². The van der Waals surface area contributed by atoms with Gasteiger partial charge in [-0.25, -0.2) is 0 Å². The Hall–Kier alpha value is -0.610. The Morgan fingerprint density at radius 3 is 2.53 bits per heavy atom. The lowest BCUT2D eigenvalue weighted by Gasteiger charge is -2.34. The number of ether oxygens (including phenoxy) is 1. The van der Waals surface area contributed by atoms with E-state index in [0.717, 1.165) is 6.54 Å². The first kappa shape index (κ1) is 14.4. The molecule has 90 valence electrons. The maximum absolute atomic E-state index is 11.3. The van der Waals surface area contributed by atoms with E-state index in [2.05, 4.69) is 24.1 Å². The van der Waals surface area contributed by atoms with Crippen molar-refractivity contribution in [2.45, 2.75) is 39.8 Å². The Balaban J connectivity index is 0.000000921. The summed E-state index contributed by atoms with van der Waals surface area (Å²) in [5, 5.41) is 2.60. The predicted molar refractivity (Wildman–Crippen MR) is 61.9 cm³/mol. The Morgan fingerprint density at radius 1 is 1.47 bits per heavy atom. The van der Waals surface area contributed by atoms with Crippen LogP contribution < -0.4 is 5.32 Å². The summed E-state index contributed by atoms with van der Waals surface area (Å²) in [5.41, 5.74) is 0. The molecule has 4 heteroatoms. The molecule has 0 aromatic rings. The van der Waals surface area contributed by atoms with Crippen molar-refractivity contribution in [3.8, 4) is 0 Å². The molecular formula is C11H24N2O2. The summed E-state index contributed by atoms with van der Waals surface area (Å²) in [6.07, 6.45) is -0.291. The molecule has 4 nitrogen and oxygen atoms in total. The van der Waals surface area contributed by atoms with Crippen molar-refractivity contribution in [3.63, 3.8) is 0 Å². The SMILES string of the molecule is CC.CNC(=O)C1CN(C(C)C)CCO1. The van der Waals surface area contributed by atoms with Crippen LogP contribution in [0.1, 0.15) is 27.7 Å². The van der Waals surface area contributed by atoms with Gasteiger partial charge >= 0.3 is 0 Å². The molecule has 1 fully saturated rings. The van der Waals surface area contributed by atoms with Crippen LogP contribution in [0.3, 0.4) is 0 Å². The zero-order valence-electron chi connectivity index (χ0n) is 10.5. The van der Waals surface area contributed by atoms with Crippen LogP contribution in [0.15, 0.2) is 0 Å². The van der Waals surface area contributed by atoms with Crippen LogP contribution in [0.5, 0.6) is 0 Å². The van der Waals surface area contributed by atoms with Crippen molar-refractivity contribution in [1.82, 2.24) is 10.2 Å². The zero-order valence-corrected chi connectivity index (χ0v) is 10.5. The number of hydrogen-bond donors (Lipinski definition) is 1. The second kappa shape index (κ2) is 7.65. The number of nitrogens with zero attached hydrogens (tertiary/aromatic N) is 1. The molecule has 1 N–H and O–H groups in total. The molecule has 1 aliphatic rings. The highest BCUT2D eigenvalue weighted by molar-refractivity contribution is 5.80. The van der Waals surface area contributed by atoms with Crippen molar-refractivity contribution in [2.24, 2.45) is 0 Å². The molecule has 1 amide bonds. The van der Waals surface area contributed by atoms with Crippen LogP contribution in [0.4, 0.5) is 0 Å². The van der Waals surface area contributed by atoms with Gasteiger partial charge in [-0.2, -0.15) is 0 Å². The first-order valence-corrected chi connectivity index (χ1v) is 5.72. The second-order valence-electron chi connectivity index (χ2n) is 3.56. The van der Waals surface area contributed by atoms with Gasteiger partial charge < -0.3 is 10.1 Å². The van der Waals surface area contributed by atoms with Gasteiger partial charge in [0.05, 0.1) is 6.61 Å². The fourth-order valence-electron chi connectivity index (χ4n) is 1.46. The molecule has 15 heavy (non-hydrogen) atoms. The lowest BCUT2D eigenvalue weighted by Crippen LogP contribution is -2.51. The number of amides is 1. The Morgan fingerprint density at radius 2 is 2.07 bits per heavy atom. The van der Waals surface area contributed by atoms with Crippen molar-refractivity contribution in [1.29, 1.82) is 0 Å². The third-order valence-corrected chi connectivity index (χ3v) is 2.37. The van der Waals surface area contributed by atoms with Crippen LogP contribution in [-0.4, -0.2) is 49.7 Å². The third kappa shape index (κ3) is 4.62. The molecule has 1 atom stereocenters. The summed E-state index contributed by atoms with van der Waals surface area (Å²) in [4.78, 5) is 13.5. The number of carbonyl (C=O) groups excluding carboxylic acids is 1. The van der Waals surface area contributed by atoms with Crippen molar-refractivity contribution >= 4 is 5.91 Å². The molecule has 1 saturated heterocycles. The molecular weight excluding hydrogens is 192 g/mol. The average molecular weight is 216 g/mol. The zero-order chi connectivity index (χ0) is 11.8. The lowest BCUT2D eigenvalue weighted by atomic mass is 10.2. The van der Waals surface area contributed by atoms with Gasteiger partial charge in [-0.05, 0) is 13.8 Å². The van der Waals surface area contributed by atoms with Gasteiger partial charge in [0, 0.05) is 26.2 Å². The first-order valence-electron chi connectivity index (χ1n) is 5.72. The number of rotatable bonds is 2. The summed E-state index contributed by atoms with van der Waals surface area (Å²) < 4.78 is 5.36. The van der Waals surface area contributed by atoms with Crippen LogP contribution in [0.25, 0.3) is 0 Å². The van der Waals surface area contributed by atoms with Gasteiger partial charge in [-0.1, -0.05) is 13.8 Å². The first-order chi connectivity index (χ1) is 7.15. The predicted octanol–water partition coefficient (Wildman–Crippen LogP) is 0.868. The number of morpholine rings is 1. The van der Waals surface area contributed by atoms with Crippen LogP contribution >= 0.6 is 0 Å². The third-order valence-electron chi connectivity index (χ3n) is 2.37. The lowest BCUT2D eigenvalue weighted by molar-refractivity contribution is -0.138. The minimum absolute atomic E-state index is 0.0228. The number of carbonyl (C=O) groups is 1. The molecule has 0 saturated carbocycles. The van der Waals surface area contributed by atoms with Crippen molar-refractivity contribution in [2.75, 3.05) is 26.7 Å². The Bertz CT molecular complexity index is 183. The van der Waals surface area contributed by atoms with E-state index in [0.29, 0.717) is 19.2 Å². The number of nitrogens with one attached hydrogen (secondary N) is 1. The van der Waals surface area contributed by atoms with E-state index >= 15 is 0 Å². The average Bonchev–Trinajstić information content (AvgIpc) is 2.30. The van der Waals surface area contributed by atoms with E-state index < -0.39 is 0 Å². The fourth-order valence-corrected chi connectivity index (χ4v) is 1.46. The topological polar surface area (TPSA) is 41.6 Å². The normalized spacial score (nSPS) is 21.9.